The standard InChI is InChI=1S/C7H7NO2.Pb.2H/c8-7(10)5-3-1-2-4-6(5)9;;;/h1-4,9H,(H2,8,10);;;. The van der Waals surface area contributed by atoms with Gasteiger partial charge in [0.05, 0.1) is 5.56 Å². The van der Waals surface area contributed by atoms with Crippen molar-refractivity contribution >= 4 is 33.2 Å². The molecule has 0 heterocycles. The molecule has 4 heteroatoms. The molecule has 11 heavy (non-hydrogen) atoms. The van der Waals surface area contributed by atoms with Crippen LogP contribution in [0, 0.1) is 0 Å². The van der Waals surface area contributed by atoms with Gasteiger partial charge in [-0.05, 0) is 12.1 Å². The van der Waals surface area contributed by atoms with Crippen LogP contribution in [-0.2, 0) is 0 Å². The molecule has 0 bridgehead atoms. The Kier molecular flexibility index (Phi) is 4.09. The van der Waals surface area contributed by atoms with Gasteiger partial charge in [0.1, 0.15) is 5.75 Å². The third-order valence-electron chi connectivity index (χ3n) is 1.17. The molecule has 0 fully saturated rings. The Morgan fingerprint density at radius 1 is 1.36 bits per heavy atom. The summed E-state index contributed by atoms with van der Waals surface area (Å²) in [6, 6.07) is 6.15. The fourth-order valence-electron chi connectivity index (χ4n) is 0.682. The molecule has 3 nitrogen and oxygen atoms in total. The first-order chi connectivity index (χ1) is 4.72. The van der Waals surface area contributed by atoms with Crippen molar-refractivity contribution in [1.82, 2.24) is 0 Å². The van der Waals surface area contributed by atoms with Crippen molar-refractivity contribution in [2.24, 2.45) is 5.73 Å². The molecule has 0 aliphatic rings. The fraction of sp³-hybridized carbons (Fsp3) is 0. The van der Waals surface area contributed by atoms with E-state index in [0.29, 0.717) is 0 Å². The van der Waals surface area contributed by atoms with Gasteiger partial charge in [-0.25, -0.2) is 0 Å². The average Bonchev–Trinajstić information content (AvgIpc) is 1.88. The molecule has 1 aromatic rings. The summed E-state index contributed by atoms with van der Waals surface area (Å²) in [5.74, 6) is -0.687. The van der Waals surface area contributed by atoms with Gasteiger partial charge in [0.25, 0.3) is 5.91 Å². The third-order valence-corrected chi connectivity index (χ3v) is 1.17. The Bertz CT molecular complexity index is 262. The first-order valence-corrected chi connectivity index (χ1v) is 2.79. The van der Waals surface area contributed by atoms with Gasteiger partial charge in [-0.1, -0.05) is 12.1 Å². The van der Waals surface area contributed by atoms with E-state index < -0.39 is 5.91 Å². The van der Waals surface area contributed by atoms with Gasteiger partial charge in [0.15, 0.2) is 0 Å². The quantitative estimate of drug-likeness (QED) is 0.678. The first-order valence-electron chi connectivity index (χ1n) is 2.79. The summed E-state index contributed by atoms with van der Waals surface area (Å²) in [7, 11) is 0. The van der Waals surface area contributed by atoms with Crippen molar-refractivity contribution in [2.75, 3.05) is 0 Å². The molecule has 0 aliphatic carbocycles. The summed E-state index contributed by atoms with van der Waals surface area (Å²) in [5, 5.41) is 8.98. The Labute approximate surface area is 84.4 Å². The minimum absolute atomic E-state index is 0. The second-order valence-corrected chi connectivity index (χ2v) is 1.88. The van der Waals surface area contributed by atoms with Crippen molar-refractivity contribution in [3.05, 3.63) is 29.8 Å². The van der Waals surface area contributed by atoms with Crippen LogP contribution >= 0.6 is 0 Å². The predicted octanol–water partition coefficient (Wildman–Crippen LogP) is -0.425. The number of benzene rings is 1. The summed E-state index contributed by atoms with van der Waals surface area (Å²) < 4.78 is 0. The number of nitrogens with two attached hydrogens (primary N) is 1. The summed E-state index contributed by atoms with van der Waals surface area (Å²) in [6.45, 7) is 0. The van der Waals surface area contributed by atoms with Crippen LogP contribution in [0.1, 0.15) is 10.4 Å². The number of hydrogen-bond donors (Lipinski definition) is 2. The van der Waals surface area contributed by atoms with Crippen LogP contribution in [-0.4, -0.2) is 38.3 Å². The number of carbonyl (C=O) groups excluding carboxylic acids is 1. The first kappa shape index (κ1) is 10.4. The van der Waals surface area contributed by atoms with Crippen LogP contribution in [0.25, 0.3) is 0 Å². The van der Waals surface area contributed by atoms with E-state index in [1.54, 1.807) is 12.1 Å². The number of amides is 1. The Morgan fingerprint density at radius 2 is 1.91 bits per heavy atom. The number of hydrogen-bond acceptors (Lipinski definition) is 2. The molecule has 0 aliphatic heterocycles. The summed E-state index contributed by atoms with van der Waals surface area (Å²) in [6.07, 6.45) is 0. The molecule has 0 saturated heterocycles. The molecule has 0 saturated carbocycles. The van der Waals surface area contributed by atoms with Crippen molar-refractivity contribution in [1.29, 1.82) is 0 Å². The van der Waals surface area contributed by atoms with Crippen LogP contribution in [0.2, 0.25) is 0 Å². The number of primary amides is 1. The Balaban J connectivity index is 0.000001000. The number of aromatic hydroxyl groups is 1. The number of rotatable bonds is 1. The third kappa shape index (κ3) is 2.49. The maximum absolute atomic E-state index is 10.5. The van der Waals surface area contributed by atoms with E-state index in [1.807, 2.05) is 0 Å². The predicted molar refractivity (Wildman–Crippen MR) is 45.2 cm³/mol. The van der Waals surface area contributed by atoms with Crippen molar-refractivity contribution < 1.29 is 9.90 Å². The molecule has 58 valence electrons. The van der Waals surface area contributed by atoms with Crippen LogP contribution in [0.5, 0.6) is 5.75 Å². The van der Waals surface area contributed by atoms with E-state index in [4.69, 9.17) is 10.8 Å². The van der Waals surface area contributed by atoms with Gasteiger partial charge >= 0.3 is 27.3 Å². The average molecular weight is 346 g/mol. The van der Waals surface area contributed by atoms with Gasteiger partial charge < -0.3 is 10.8 Å². The van der Waals surface area contributed by atoms with Crippen LogP contribution in [0.3, 0.4) is 0 Å². The molecule has 1 rings (SSSR count). The zero-order valence-corrected chi connectivity index (χ0v) is 11.4. The molecule has 2 radical (unpaired) electrons. The molecule has 0 aromatic heterocycles. The summed E-state index contributed by atoms with van der Waals surface area (Å²) >= 11 is 0. The molecular formula is C7H9NO2Pb. The van der Waals surface area contributed by atoms with E-state index in [9.17, 15) is 4.79 Å². The summed E-state index contributed by atoms with van der Waals surface area (Å²) in [4.78, 5) is 10.5. The van der Waals surface area contributed by atoms with E-state index >= 15 is 0 Å². The van der Waals surface area contributed by atoms with E-state index in [1.165, 1.54) is 12.1 Å². The van der Waals surface area contributed by atoms with Gasteiger partial charge in [0.2, 0.25) is 0 Å². The van der Waals surface area contributed by atoms with Gasteiger partial charge in [-0.15, -0.1) is 0 Å². The minimum atomic E-state index is -0.613. The molecule has 0 unspecified atom stereocenters. The monoisotopic (exact) mass is 347 g/mol. The summed E-state index contributed by atoms with van der Waals surface area (Å²) in [5.41, 5.74) is 5.07. The molecule has 1 aromatic carbocycles. The zero-order valence-electron chi connectivity index (χ0n) is 5.95. The number of phenols is 1. The van der Waals surface area contributed by atoms with Crippen LogP contribution in [0.15, 0.2) is 24.3 Å². The Hall–Kier alpha value is -0.588. The zero-order chi connectivity index (χ0) is 7.56. The van der Waals surface area contributed by atoms with Crippen LogP contribution < -0.4 is 5.73 Å². The van der Waals surface area contributed by atoms with E-state index in [-0.39, 0.29) is 38.6 Å². The molecule has 0 atom stereocenters. The second-order valence-electron chi connectivity index (χ2n) is 1.88. The van der Waals surface area contributed by atoms with Gasteiger partial charge in [-0.3, -0.25) is 4.79 Å². The number of para-hydroxylation sites is 1. The SMILES string of the molecule is NC(=O)c1ccccc1O.[PbH2]. The number of carbonyl (C=O) groups is 1. The van der Waals surface area contributed by atoms with Crippen molar-refractivity contribution in [3.8, 4) is 5.75 Å². The topological polar surface area (TPSA) is 63.3 Å². The van der Waals surface area contributed by atoms with Gasteiger partial charge in [0, 0.05) is 0 Å². The second kappa shape index (κ2) is 4.32. The molecule has 1 amide bonds. The van der Waals surface area contributed by atoms with Gasteiger partial charge in [-0.2, -0.15) is 0 Å². The molecular weight excluding hydrogens is 337 g/mol. The fourth-order valence-corrected chi connectivity index (χ4v) is 0.682. The van der Waals surface area contributed by atoms with E-state index in [2.05, 4.69) is 0 Å². The van der Waals surface area contributed by atoms with Crippen molar-refractivity contribution in [2.45, 2.75) is 0 Å². The van der Waals surface area contributed by atoms with E-state index in [0.717, 1.165) is 0 Å². The molecule has 3 N–H and O–H groups in total. The maximum atomic E-state index is 10.5. The Morgan fingerprint density at radius 3 is 2.27 bits per heavy atom. The van der Waals surface area contributed by atoms with Crippen LogP contribution in [0.4, 0.5) is 0 Å². The van der Waals surface area contributed by atoms with Crippen molar-refractivity contribution in [3.63, 3.8) is 0 Å². The molecule has 0 spiro atoms. The normalized spacial score (nSPS) is 8.36.